The second-order valence-corrected chi connectivity index (χ2v) is 10.1. The molecule has 29 heavy (non-hydrogen) atoms. The summed E-state index contributed by atoms with van der Waals surface area (Å²) in [5.74, 6) is 0.468. The van der Waals surface area contributed by atoms with E-state index in [1.807, 2.05) is 24.3 Å². The van der Waals surface area contributed by atoms with E-state index in [1.165, 1.54) is 37.2 Å². The van der Waals surface area contributed by atoms with Crippen molar-refractivity contribution >= 4 is 34.1 Å². The number of thiazole rings is 1. The van der Waals surface area contributed by atoms with Crippen LogP contribution in [0.4, 0.5) is 0 Å². The Balaban J connectivity index is 1.92. The molecular formula is C23H32N4S2. The topological polar surface area (TPSA) is 60.8 Å². The van der Waals surface area contributed by atoms with Crippen LogP contribution in [0.1, 0.15) is 61.7 Å². The Morgan fingerprint density at radius 3 is 2.38 bits per heavy atom. The summed E-state index contributed by atoms with van der Waals surface area (Å²) in [6, 6.07) is 2.29. The van der Waals surface area contributed by atoms with Crippen molar-refractivity contribution in [3.8, 4) is 9.75 Å². The third-order valence-corrected chi connectivity index (χ3v) is 7.98. The smallest absolute Gasteiger partial charge is 0.119 e. The lowest BCUT2D eigenvalue weighted by atomic mass is 9.90. The number of hydrogen-bond donors (Lipinski definition) is 3. The van der Waals surface area contributed by atoms with Crippen LogP contribution in [0.15, 0.2) is 23.4 Å². The van der Waals surface area contributed by atoms with Crippen LogP contribution in [0.3, 0.4) is 0 Å². The Bertz CT molecular complexity index is 973. The number of hydrogen-bond acceptors (Lipinski definition) is 6. The van der Waals surface area contributed by atoms with Gasteiger partial charge in [-0.05, 0) is 76.7 Å². The number of allylic oxidation sites excluding steroid dienone is 2. The zero-order valence-electron chi connectivity index (χ0n) is 18.5. The van der Waals surface area contributed by atoms with Crippen molar-refractivity contribution in [2.75, 3.05) is 0 Å². The molecule has 0 saturated heterocycles. The number of aromatic nitrogens is 1. The zero-order valence-corrected chi connectivity index (χ0v) is 20.1. The predicted molar refractivity (Wildman–Crippen MR) is 128 cm³/mol. The highest BCUT2D eigenvalue weighted by Crippen LogP contribution is 2.40. The van der Waals surface area contributed by atoms with Crippen LogP contribution < -0.4 is 10.6 Å². The van der Waals surface area contributed by atoms with E-state index >= 15 is 0 Å². The van der Waals surface area contributed by atoms with Crippen molar-refractivity contribution in [1.82, 2.24) is 15.6 Å². The molecule has 3 heterocycles. The van der Waals surface area contributed by atoms with E-state index in [2.05, 4.69) is 63.2 Å². The molecule has 0 aromatic carbocycles. The molecular weight excluding hydrogens is 396 g/mol. The molecule has 0 bridgehead atoms. The molecule has 0 radical (unpaired) electrons. The largest absolute Gasteiger partial charge is 0.364 e. The lowest BCUT2D eigenvalue weighted by Crippen LogP contribution is -2.37. The molecule has 1 atom stereocenters. The van der Waals surface area contributed by atoms with Crippen molar-refractivity contribution in [1.29, 1.82) is 5.41 Å². The molecule has 156 valence electrons. The highest BCUT2D eigenvalue weighted by atomic mass is 32.1. The molecule has 1 aliphatic heterocycles. The number of rotatable bonds is 7. The van der Waals surface area contributed by atoms with Crippen molar-refractivity contribution < 1.29 is 0 Å². The summed E-state index contributed by atoms with van der Waals surface area (Å²) < 4.78 is 0. The van der Waals surface area contributed by atoms with Crippen LogP contribution in [0.5, 0.6) is 0 Å². The summed E-state index contributed by atoms with van der Waals surface area (Å²) in [7, 11) is 0. The average Bonchev–Trinajstić information content (AvgIpc) is 3.31. The first-order valence-corrected chi connectivity index (χ1v) is 11.9. The van der Waals surface area contributed by atoms with Gasteiger partial charge < -0.3 is 16.0 Å². The lowest BCUT2D eigenvalue weighted by molar-refractivity contribution is 0.492. The lowest BCUT2D eigenvalue weighted by Gasteiger charge is -2.25. The van der Waals surface area contributed by atoms with Crippen LogP contribution in [0.25, 0.3) is 15.5 Å². The Hall–Kier alpha value is -1.92. The van der Waals surface area contributed by atoms with Gasteiger partial charge >= 0.3 is 0 Å². The minimum Gasteiger partial charge on any atom is -0.364 e. The molecule has 4 nitrogen and oxygen atoms in total. The third kappa shape index (κ3) is 4.48. The third-order valence-electron chi connectivity index (χ3n) is 5.47. The fourth-order valence-corrected chi connectivity index (χ4v) is 6.34. The zero-order chi connectivity index (χ0) is 21.3. The maximum atomic E-state index is 8.00. The summed E-state index contributed by atoms with van der Waals surface area (Å²) in [5, 5.41) is 16.5. The molecule has 2 aromatic rings. The van der Waals surface area contributed by atoms with Crippen molar-refractivity contribution in [3.63, 3.8) is 0 Å². The second kappa shape index (κ2) is 8.84. The summed E-state index contributed by atoms with van der Waals surface area (Å²) in [4.78, 5) is 8.45. The monoisotopic (exact) mass is 428 g/mol. The van der Waals surface area contributed by atoms with Crippen molar-refractivity contribution in [2.24, 2.45) is 5.92 Å². The van der Waals surface area contributed by atoms with E-state index in [-0.39, 0.29) is 6.17 Å². The van der Waals surface area contributed by atoms with Gasteiger partial charge in [0.05, 0.1) is 26.2 Å². The van der Waals surface area contributed by atoms with Gasteiger partial charge in [-0.15, -0.1) is 22.7 Å². The molecule has 3 rings (SSSR count). The molecule has 3 N–H and O–H groups in total. The van der Waals surface area contributed by atoms with Crippen LogP contribution in [-0.2, 0) is 0 Å². The molecule has 0 spiro atoms. The SMILES string of the molecule is CCC(CC)/C(=C/C(C)=N)C1NC(C)=C(c2sc(-c3sc(C)nc3C)cc2C)N1. The second-order valence-electron chi connectivity index (χ2n) is 7.83. The van der Waals surface area contributed by atoms with Gasteiger partial charge in [-0.2, -0.15) is 0 Å². The first kappa shape index (κ1) is 21.8. The molecule has 0 saturated carbocycles. The number of aryl methyl sites for hydroxylation is 3. The van der Waals surface area contributed by atoms with Gasteiger partial charge in [0.2, 0.25) is 0 Å². The van der Waals surface area contributed by atoms with Crippen molar-refractivity contribution in [2.45, 2.75) is 67.5 Å². The molecule has 2 aromatic heterocycles. The number of thiophene rings is 1. The van der Waals surface area contributed by atoms with E-state index in [1.54, 1.807) is 11.3 Å². The molecule has 0 fully saturated rings. The van der Waals surface area contributed by atoms with Crippen molar-refractivity contribution in [3.05, 3.63) is 44.6 Å². The van der Waals surface area contributed by atoms with Crippen LogP contribution in [0, 0.1) is 32.1 Å². The van der Waals surface area contributed by atoms with E-state index in [9.17, 15) is 0 Å². The Morgan fingerprint density at radius 1 is 1.14 bits per heavy atom. The standard InChI is InChI=1S/C23H32N4S2/c1-8-17(9-2)18(11-13(4)24)23-26-14(5)20(27-23)21-12(3)10-19(29-21)22-15(6)25-16(7)28-22/h10-11,17,23-24,26-27H,8-9H2,1-7H3/b18-11-,24-13?. The van der Waals surface area contributed by atoms with Gasteiger partial charge in [-0.3, -0.25) is 0 Å². The van der Waals surface area contributed by atoms with Gasteiger partial charge in [0.25, 0.3) is 0 Å². The Labute approximate surface area is 182 Å². The first-order valence-electron chi connectivity index (χ1n) is 10.3. The fraction of sp³-hybridized carbons (Fsp3) is 0.478. The molecule has 1 aliphatic rings. The summed E-state index contributed by atoms with van der Waals surface area (Å²) in [5.41, 5.74) is 6.63. The van der Waals surface area contributed by atoms with Gasteiger partial charge in [0.15, 0.2) is 0 Å². The molecule has 1 unspecified atom stereocenters. The minimum absolute atomic E-state index is 0.0486. The van der Waals surface area contributed by atoms with Crippen LogP contribution in [0.2, 0.25) is 0 Å². The molecule has 0 aliphatic carbocycles. The summed E-state index contributed by atoms with van der Waals surface area (Å²) >= 11 is 3.61. The minimum atomic E-state index is 0.0486. The van der Waals surface area contributed by atoms with E-state index in [0.717, 1.165) is 23.5 Å². The molecule has 0 amide bonds. The quantitative estimate of drug-likeness (QED) is 0.447. The van der Waals surface area contributed by atoms with Crippen LogP contribution >= 0.6 is 22.7 Å². The summed E-state index contributed by atoms with van der Waals surface area (Å²) in [6.07, 6.45) is 4.24. The Morgan fingerprint density at radius 2 is 1.83 bits per heavy atom. The Kier molecular flexibility index (Phi) is 6.64. The number of nitrogens with zero attached hydrogens (tertiary/aromatic N) is 1. The first-order chi connectivity index (χ1) is 13.7. The maximum Gasteiger partial charge on any atom is 0.119 e. The average molecular weight is 429 g/mol. The van der Waals surface area contributed by atoms with Crippen LogP contribution in [-0.4, -0.2) is 16.9 Å². The van der Waals surface area contributed by atoms with E-state index in [4.69, 9.17) is 5.41 Å². The predicted octanol–water partition coefficient (Wildman–Crippen LogP) is 6.41. The maximum absolute atomic E-state index is 8.00. The molecule has 6 heteroatoms. The fourth-order valence-electron chi connectivity index (χ4n) is 4.03. The van der Waals surface area contributed by atoms with E-state index < -0.39 is 0 Å². The highest BCUT2D eigenvalue weighted by Gasteiger charge is 2.29. The number of nitrogens with one attached hydrogen (secondary N) is 3. The van der Waals surface area contributed by atoms with Gasteiger partial charge in [-0.25, -0.2) is 4.98 Å². The van der Waals surface area contributed by atoms with Gasteiger partial charge in [0, 0.05) is 16.3 Å². The normalized spacial score (nSPS) is 17.1. The highest BCUT2D eigenvalue weighted by molar-refractivity contribution is 7.22. The summed E-state index contributed by atoms with van der Waals surface area (Å²) in [6.45, 7) is 14.8. The van der Waals surface area contributed by atoms with E-state index in [0.29, 0.717) is 11.6 Å². The van der Waals surface area contributed by atoms with Gasteiger partial charge in [0.1, 0.15) is 6.17 Å². The van der Waals surface area contributed by atoms with Gasteiger partial charge in [-0.1, -0.05) is 13.8 Å².